The molecule has 1 atom stereocenters. The zero-order chi connectivity index (χ0) is 7.28. The van der Waals surface area contributed by atoms with Gasteiger partial charge in [-0.25, -0.2) is 0 Å². The first-order valence-corrected chi connectivity index (χ1v) is 2.46. The molecular weight excluding hydrogens is 124 g/mol. The van der Waals surface area contributed by atoms with Crippen LogP contribution in [0.2, 0.25) is 0 Å². The zero-order valence-corrected chi connectivity index (χ0v) is 4.78. The first-order chi connectivity index (χ1) is 4.18. The third-order valence-electron chi connectivity index (χ3n) is 0.849. The first-order valence-electron chi connectivity index (χ1n) is 2.46. The van der Waals surface area contributed by atoms with E-state index in [1.165, 1.54) is 0 Å². The van der Waals surface area contributed by atoms with Gasteiger partial charge in [-0.3, -0.25) is 4.79 Å². The Balaban J connectivity index is 3.37. The van der Waals surface area contributed by atoms with Crippen LogP contribution in [0.25, 0.3) is 0 Å². The highest BCUT2D eigenvalue weighted by Gasteiger charge is 2.09. The van der Waals surface area contributed by atoms with Crippen molar-refractivity contribution in [3.63, 3.8) is 0 Å². The van der Waals surface area contributed by atoms with Crippen molar-refractivity contribution >= 4 is 5.97 Å². The lowest BCUT2D eigenvalue weighted by Crippen LogP contribution is -2.30. The molecule has 0 aliphatic rings. The monoisotopic (exact) mass is 132 g/mol. The Bertz CT molecular complexity index is 114. The highest BCUT2D eigenvalue weighted by Crippen LogP contribution is 1.87. The maximum Gasteiger partial charge on any atom is 0.320 e. The van der Waals surface area contributed by atoms with Crippen molar-refractivity contribution in [2.75, 3.05) is 6.54 Å². The molecule has 0 aromatic heterocycles. The van der Waals surface area contributed by atoms with E-state index in [-0.39, 0.29) is 13.0 Å². The van der Waals surface area contributed by atoms with Crippen LogP contribution in [-0.4, -0.2) is 23.7 Å². The third-order valence-corrected chi connectivity index (χ3v) is 0.849. The SMILES string of the molecule is NC(CCN=O)C(=O)O. The lowest BCUT2D eigenvalue weighted by Gasteiger charge is -1.99. The van der Waals surface area contributed by atoms with Gasteiger partial charge < -0.3 is 10.8 Å². The van der Waals surface area contributed by atoms with Gasteiger partial charge in [0.1, 0.15) is 6.04 Å². The Morgan fingerprint density at radius 2 is 2.33 bits per heavy atom. The Hall–Kier alpha value is -0.970. The van der Waals surface area contributed by atoms with E-state index >= 15 is 0 Å². The van der Waals surface area contributed by atoms with Crippen molar-refractivity contribution in [2.45, 2.75) is 12.5 Å². The van der Waals surface area contributed by atoms with E-state index in [1.807, 2.05) is 0 Å². The molecule has 0 bridgehead atoms. The summed E-state index contributed by atoms with van der Waals surface area (Å²) in [6.45, 7) is -0.0343. The number of carboxylic acid groups (broad SMARTS) is 1. The molecule has 0 aromatic rings. The van der Waals surface area contributed by atoms with Crippen molar-refractivity contribution in [1.29, 1.82) is 0 Å². The summed E-state index contributed by atoms with van der Waals surface area (Å²) < 4.78 is 0. The Morgan fingerprint density at radius 3 is 2.67 bits per heavy atom. The van der Waals surface area contributed by atoms with E-state index in [0.29, 0.717) is 0 Å². The van der Waals surface area contributed by atoms with E-state index in [2.05, 4.69) is 5.18 Å². The number of aliphatic carboxylic acids is 1. The summed E-state index contributed by atoms with van der Waals surface area (Å²) in [6.07, 6.45) is 0.110. The van der Waals surface area contributed by atoms with E-state index in [0.717, 1.165) is 0 Å². The maximum atomic E-state index is 9.94. The van der Waals surface area contributed by atoms with Crippen molar-refractivity contribution in [3.05, 3.63) is 4.91 Å². The molecule has 1 unspecified atom stereocenters. The molecule has 0 aliphatic carbocycles. The minimum absolute atomic E-state index is 0.0343. The van der Waals surface area contributed by atoms with Crippen LogP contribution in [0.5, 0.6) is 0 Å². The van der Waals surface area contributed by atoms with E-state index < -0.39 is 12.0 Å². The van der Waals surface area contributed by atoms with Gasteiger partial charge in [-0.15, -0.1) is 0 Å². The second-order valence-corrected chi connectivity index (χ2v) is 1.59. The standard InChI is InChI=1S/C4H8N2O3/c5-3(4(7)8)1-2-6-9/h3H,1-2,5H2,(H,7,8). The molecule has 3 N–H and O–H groups in total. The zero-order valence-electron chi connectivity index (χ0n) is 4.78. The van der Waals surface area contributed by atoms with Gasteiger partial charge in [-0.2, -0.15) is 4.91 Å². The number of hydrogen-bond acceptors (Lipinski definition) is 4. The van der Waals surface area contributed by atoms with Gasteiger partial charge in [0, 0.05) is 0 Å². The maximum absolute atomic E-state index is 9.94. The summed E-state index contributed by atoms with van der Waals surface area (Å²) in [5.74, 6) is -1.10. The largest absolute Gasteiger partial charge is 0.480 e. The molecule has 0 radical (unpaired) electrons. The molecule has 0 rings (SSSR count). The van der Waals surface area contributed by atoms with Gasteiger partial charge in [-0.1, -0.05) is 5.18 Å². The number of rotatable bonds is 4. The van der Waals surface area contributed by atoms with Gasteiger partial charge in [0.25, 0.3) is 0 Å². The second kappa shape index (κ2) is 3.96. The molecule has 0 aromatic carbocycles. The normalized spacial score (nSPS) is 12.6. The van der Waals surface area contributed by atoms with Gasteiger partial charge >= 0.3 is 5.97 Å². The van der Waals surface area contributed by atoms with Crippen molar-refractivity contribution in [1.82, 2.24) is 0 Å². The molecule has 0 fully saturated rings. The lowest BCUT2D eigenvalue weighted by molar-refractivity contribution is -0.138. The summed E-state index contributed by atoms with van der Waals surface area (Å²) in [7, 11) is 0. The van der Waals surface area contributed by atoms with Crippen LogP contribution in [-0.2, 0) is 4.79 Å². The van der Waals surface area contributed by atoms with Crippen LogP contribution >= 0.6 is 0 Å². The van der Waals surface area contributed by atoms with Crippen LogP contribution in [0, 0.1) is 4.91 Å². The molecule has 0 amide bonds. The fourth-order valence-corrected chi connectivity index (χ4v) is 0.315. The molecule has 5 nitrogen and oxygen atoms in total. The average molecular weight is 132 g/mol. The fourth-order valence-electron chi connectivity index (χ4n) is 0.315. The lowest BCUT2D eigenvalue weighted by atomic mass is 10.2. The highest BCUT2D eigenvalue weighted by atomic mass is 16.4. The summed E-state index contributed by atoms with van der Waals surface area (Å²) in [5.41, 5.74) is 5.00. The number of nitrogens with two attached hydrogens (primary N) is 1. The fraction of sp³-hybridized carbons (Fsp3) is 0.750. The number of nitrogens with zero attached hydrogens (tertiary/aromatic N) is 1. The molecule has 5 heteroatoms. The minimum Gasteiger partial charge on any atom is -0.480 e. The van der Waals surface area contributed by atoms with Crippen LogP contribution in [0.1, 0.15) is 6.42 Å². The molecule has 0 saturated heterocycles. The van der Waals surface area contributed by atoms with Crippen molar-refractivity contribution < 1.29 is 9.90 Å². The molecule has 9 heavy (non-hydrogen) atoms. The average Bonchev–Trinajstić information content (AvgIpc) is 1.82. The molecule has 0 spiro atoms. The summed E-state index contributed by atoms with van der Waals surface area (Å²) in [5, 5.41) is 10.6. The molecule has 52 valence electrons. The van der Waals surface area contributed by atoms with E-state index in [9.17, 15) is 9.70 Å². The first kappa shape index (κ1) is 8.03. The summed E-state index contributed by atoms with van der Waals surface area (Å²) in [6, 6.07) is -0.956. The van der Waals surface area contributed by atoms with Crippen molar-refractivity contribution in [3.8, 4) is 0 Å². The number of carboxylic acids is 1. The third kappa shape index (κ3) is 3.60. The topological polar surface area (TPSA) is 92.8 Å². The van der Waals surface area contributed by atoms with Crippen LogP contribution in [0.15, 0.2) is 5.18 Å². The van der Waals surface area contributed by atoms with Crippen LogP contribution < -0.4 is 5.73 Å². The van der Waals surface area contributed by atoms with Crippen molar-refractivity contribution in [2.24, 2.45) is 10.9 Å². The number of hydrogen-bond donors (Lipinski definition) is 2. The highest BCUT2D eigenvalue weighted by molar-refractivity contribution is 5.72. The quantitative estimate of drug-likeness (QED) is 0.507. The van der Waals surface area contributed by atoms with Crippen LogP contribution in [0.4, 0.5) is 0 Å². The minimum atomic E-state index is -1.10. The Kier molecular flexibility index (Phi) is 3.54. The smallest absolute Gasteiger partial charge is 0.320 e. The molecule has 0 heterocycles. The molecule has 0 aliphatic heterocycles. The molecule has 0 saturated carbocycles. The summed E-state index contributed by atoms with van der Waals surface area (Å²) in [4.78, 5) is 19.4. The van der Waals surface area contributed by atoms with Gasteiger partial charge in [0.15, 0.2) is 0 Å². The Morgan fingerprint density at radius 1 is 1.78 bits per heavy atom. The second-order valence-electron chi connectivity index (χ2n) is 1.59. The van der Waals surface area contributed by atoms with E-state index in [1.54, 1.807) is 0 Å². The van der Waals surface area contributed by atoms with Gasteiger partial charge in [0.05, 0.1) is 6.54 Å². The Labute approximate surface area is 51.8 Å². The van der Waals surface area contributed by atoms with Crippen LogP contribution in [0.3, 0.4) is 0 Å². The molecular formula is C4H8N2O3. The number of nitroso groups, excluding NO2 is 1. The van der Waals surface area contributed by atoms with Gasteiger partial charge in [0.2, 0.25) is 0 Å². The summed E-state index contributed by atoms with van der Waals surface area (Å²) >= 11 is 0. The predicted octanol–water partition coefficient (Wildman–Crippen LogP) is -0.445. The van der Waals surface area contributed by atoms with E-state index in [4.69, 9.17) is 10.8 Å². The van der Waals surface area contributed by atoms with Gasteiger partial charge in [-0.05, 0) is 6.42 Å². The predicted molar refractivity (Wildman–Crippen MR) is 30.9 cm³/mol. The number of carbonyl (C=O) groups is 1.